The van der Waals surface area contributed by atoms with Crippen LogP contribution in [-0.2, 0) is 9.59 Å². The van der Waals surface area contributed by atoms with E-state index < -0.39 is 5.97 Å². The number of aliphatic carboxylic acids is 1. The molecule has 1 amide bonds. The second-order valence-electron chi connectivity index (χ2n) is 4.88. The average Bonchev–Trinajstić information content (AvgIpc) is 2.65. The molecule has 19 heavy (non-hydrogen) atoms. The molecule has 0 aliphatic carbocycles. The van der Waals surface area contributed by atoms with Gasteiger partial charge in [-0.1, -0.05) is 0 Å². The van der Waals surface area contributed by atoms with E-state index >= 15 is 0 Å². The van der Waals surface area contributed by atoms with E-state index in [4.69, 9.17) is 5.11 Å². The summed E-state index contributed by atoms with van der Waals surface area (Å²) in [6.07, 6.45) is 0.286. The molecule has 1 aromatic rings. The van der Waals surface area contributed by atoms with E-state index in [1.54, 1.807) is 7.05 Å². The summed E-state index contributed by atoms with van der Waals surface area (Å²) in [7, 11) is 1.62. The van der Waals surface area contributed by atoms with Crippen LogP contribution in [0.2, 0.25) is 0 Å². The Bertz CT molecular complexity index is 468. The summed E-state index contributed by atoms with van der Waals surface area (Å²) in [4.78, 5) is 23.9. The Hall–Kier alpha value is -1.85. The Morgan fingerprint density at radius 3 is 2.58 bits per heavy atom. The van der Waals surface area contributed by atoms with Crippen molar-refractivity contribution in [2.75, 3.05) is 13.6 Å². The molecule has 0 radical (unpaired) electrons. The van der Waals surface area contributed by atoms with Gasteiger partial charge >= 0.3 is 5.97 Å². The highest BCUT2D eigenvalue weighted by atomic mass is 16.4. The smallest absolute Gasteiger partial charge is 0.305 e. The first kappa shape index (κ1) is 15.2. The zero-order chi connectivity index (χ0) is 14.6. The Morgan fingerprint density at radius 1 is 1.47 bits per heavy atom. The highest BCUT2D eigenvalue weighted by Gasteiger charge is 2.17. The van der Waals surface area contributed by atoms with Crippen LogP contribution < -0.4 is 0 Å². The lowest BCUT2D eigenvalue weighted by Crippen LogP contribution is -2.30. The standard InChI is InChI=1S/C13H21N3O3/c1-9-7-10(2)16(14-9)11(3)8-12(17)15(4)6-5-13(18)19/h7,11H,5-6,8H2,1-4H3,(H,18,19). The molecule has 0 saturated heterocycles. The third-order valence-electron chi connectivity index (χ3n) is 3.02. The van der Waals surface area contributed by atoms with Crippen LogP contribution in [0, 0.1) is 13.8 Å². The minimum absolute atomic E-state index is 0.0312. The first-order chi connectivity index (χ1) is 8.81. The van der Waals surface area contributed by atoms with Gasteiger partial charge in [0.2, 0.25) is 5.91 Å². The molecule has 1 rings (SSSR count). The monoisotopic (exact) mass is 267 g/mol. The largest absolute Gasteiger partial charge is 0.481 e. The minimum atomic E-state index is -0.897. The Morgan fingerprint density at radius 2 is 2.11 bits per heavy atom. The summed E-state index contributed by atoms with van der Waals surface area (Å²) >= 11 is 0. The SMILES string of the molecule is Cc1cc(C)n(C(C)CC(=O)N(C)CCC(=O)O)n1. The molecular formula is C13H21N3O3. The summed E-state index contributed by atoms with van der Waals surface area (Å²) in [5, 5.41) is 12.9. The number of carbonyl (C=O) groups excluding carboxylic acids is 1. The van der Waals surface area contributed by atoms with Crippen molar-refractivity contribution in [3.8, 4) is 0 Å². The fourth-order valence-electron chi connectivity index (χ4n) is 1.98. The van der Waals surface area contributed by atoms with Gasteiger partial charge in [0.15, 0.2) is 0 Å². The number of carboxylic acids is 1. The van der Waals surface area contributed by atoms with Crippen LogP contribution in [0.1, 0.15) is 37.2 Å². The number of carbonyl (C=O) groups is 2. The predicted molar refractivity (Wildman–Crippen MR) is 70.9 cm³/mol. The molecule has 1 atom stereocenters. The first-order valence-corrected chi connectivity index (χ1v) is 6.29. The number of rotatable bonds is 6. The number of aromatic nitrogens is 2. The van der Waals surface area contributed by atoms with Crippen molar-refractivity contribution in [1.82, 2.24) is 14.7 Å². The van der Waals surface area contributed by atoms with Gasteiger partial charge in [-0.2, -0.15) is 5.10 Å². The molecule has 0 bridgehead atoms. The fourth-order valence-corrected chi connectivity index (χ4v) is 1.98. The van der Waals surface area contributed by atoms with Gasteiger partial charge in [-0.25, -0.2) is 0 Å². The lowest BCUT2D eigenvalue weighted by molar-refractivity contribution is -0.138. The third-order valence-corrected chi connectivity index (χ3v) is 3.02. The molecule has 0 aromatic carbocycles. The quantitative estimate of drug-likeness (QED) is 0.845. The maximum atomic E-state index is 11.9. The lowest BCUT2D eigenvalue weighted by atomic mass is 10.2. The number of carboxylic acid groups (broad SMARTS) is 1. The van der Waals surface area contributed by atoms with Crippen LogP contribution in [0.3, 0.4) is 0 Å². The van der Waals surface area contributed by atoms with Gasteiger partial charge in [-0.05, 0) is 26.8 Å². The zero-order valence-corrected chi connectivity index (χ0v) is 11.9. The molecule has 6 heteroatoms. The van der Waals surface area contributed by atoms with E-state index in [2.05, 4.69) is 5.10 Å². The van der Waals surface area contributed by atoms with Crippen LogP contribution in [0.5, 0.6) is 0 Å². The second kappa shape index (κ2) is 6.36. The van der Waals surface area contributed by atoms with Crippen molar-refractivity contribution in [1.29, 1.82) is 0 Å². The third kappa shape index (κ3) is 4.39. The van der Waals surface area contributed by atoms with E-state index in [9.17, 15) is 9.59 Å². The molecule has 0 aliphatic rings. The summed E-state index contributed by atoms with van der Waals surface area (Å²) in [6, 6.07) is 1.93. The average molecular weight is 267 g/mol. The molecule has 6 nitrogen and oxygen atoms in total. The minimum Gasteiger partial charge on any atom is -0.481 e. The van der Waals surface area contributed by atoms with Crippen molar-refractivity contribution in [2.45, 2.75) is 39.7 Å². The highest BCUT2D eigenvalue weighted by molar-refractivity contribution is 5.77. The van der Waals surface area contributed by atoms with Crippen LogP contribution in [-0.4, -0.2) is 45.3 Å². The lowest BCUT2D eigenvalue weighted by Gasteiger charge is -2.20. The summed E-state index contributed by atoms with van der Waals surface area (Å²) < 4.78 is 1.83. The van der Waals surface area contributed by atoms with E-state index in [1.807, 2.05) is 31.5 Å². The number of nitrogens with zero attached hydrogens (tertiary/aromatic N) is 3. The van der Waals surface area contributed by atoms with Crippen LogP contribution in [0.4, 0.5) is 0 Å². The van der Waals surface area contributed by atoms with Crippen molar-refractivity contribution in [3.63, 3.8) is 0 Å². The Kier molecular flexibility index (Phi) is 5.09. The van der Waals surface area contributed by atoms with Crippen molar-refractivity contribution >= 4 is 11.9 Å². The molecule has 0 fully saturated rings. The predicted octanol–water partition coefficient (Wildman–Crippen LogP) is 1.38. The summed E-state index contributed by atoms with van der Waals surface area (Å²) in [5.41, 5.74) is 1.95. The number of aryl methyl sites for hydroxylation is 2. The summed E-state index contributed by atoms with van der Waals surface area (Å²) in [6.45, 7) is 6.03. The Labute approximate surface area is 113 Å². The normalized spacial score (nSPS) is 12.2. The number of hydrogen-bond acceptors (Lipinski definition) is 3. The summed E-state index contributed by atoms with van der Waals surface area (Å²) in [5.74, 6) is -0.965. The molecule has 106 valence electrons. The van der Waals surface area contributed by atoms with Crippen LogP contribution in [0.15, 0.2) is 6.07 Å². The molecule has 1 N–H and O–H groups in total. The van der Waals surface area contributed by atoms with E-state index in [-0.39, 0.29) is 24.9 Å². The maximum Gasteiger partial charge on any atom is 0.305 e. The van der Waals surface area contributed by atoms with Crippen molar-refractivity contribution in [3.05, 3.63) is 17.5 Å². The van der Waals surface area contributed by atoms with Gasteiger partial charge in [0.1, 0.15) is 0 Å². The molecule has 1 heterocycles. The van der Waals surface area contributed by atoms with E-state index in [0.29, 0.717) is 6.42 Å². The molecular weight excluding hydrogens is 246 g/mol. The van der Waals surface area contributed by atoms with Crippen LogP contribution >= 0.6 is 0 Å². The van der Waals surface area contributed by atoms with Gasteiger partial charge in [-0.15, -0.1) is 0 Å². The molecule has 0 saturated carbocycles. The number of amides is 1. The van der Waals surface area contributed by atoms with Crippen molar-refractivity contribution in [2.24, 2.45) is 0 Å². The Balaban J connectivity index is 2.56. The fraction of sp³-hybridized carbons (Fsp3) is 0.615. The second-order valence-corrected chi connectivity index (χ2v) is 4.88. The first-order valence-electron chi connectivity index (χ1n) is 6.29. The molecule has 1 unspecified atom stereocenters. The number of hydrogen-bond donors (Lipinski definition) is 1. The topological polar surface area (TPSA) is 75.4 Å². The van der Waals surface area contributed by atoms with Gasteiger partial charge in [0.25, 0.3) is 0 Å². The van der Waals surface area contributed by atoms with Gasteiger partial charge in [-0.3, -0.25) is 14.3 Å². The molecule has 1 aromatic heterocycles. The van der Waals surface area contributed by atoms with Crippen molar-refractivity contribution < 1.29 is 14.7 Å². The van der Waals surface area contributed by atoms with Crippen LogP contribution in [0.25, 0.3) is 0 Å². The van der Waals surface area contributed by atoms with E-state index in [0.717, 1.165) is 11.4 Å². The van der Waals surface area contributed by atoms with E-state index in [1.165, 1.54) is 4.90 Å². The highest BCUT2D eigenvalue weighted by Crippen LogP contribution is 2.15. The molecule has 0 spiro atoms. The zero-order valence-electron chi connectivity index (χ0n) is 11.9. The molecule has 0 aliphatic heterocycles. The van der Waals surface area contributed by atoms with Gasteiger partial charge in [0, 0.05) is 25.7 Å². The maximum absolute atomic E-state index is 11.9. The van der Waals surface area contributed by atoms with Gasteiger partial charge < -0.3 is 10.0 Å². The van der Waals surface area contributed by atoms with Gasteiger partial charge in [0.05, 0.1) is 18.2 Å².